The highest BCUT2D eigenvalue weighted by Gasteiger charge is 2.13. The van der Waals surface area contributed by atoms with Gasteiger partial charge in [0.1, 0.15) is 0 Å². The lowest BCUT2D eigenvalue weighted by Gasteiger charge is -2.10. The van der Waals surface area contributed by atoms with Gasteiger partial charge in [0.05, 0.1) is 22.9 Å². The molecule has 25 heavy (non-hydrogen) atoms. The Hall–Kier alpha value is -1.16. The van der Waals surface area contributed by atoms with E-state index in [4.69, 9.17) is 4.52 Å². The molecule has 140 valence electrons. The molecular weight excluding hydrogens is 449 g/mol. The first kappa shape index (κ1) is 21.9. The van der Waals surface area contributed by atoms with Crippen LogP contribution in [0.3, 0.4) is 0 Å². The predicted octanol–water partition coefficient (Wildman–Crippen LogP) is 3.87. The lowest BCUT2D eigenvalue weighted by Crippen LogP contribution is -2.37. The van der Waals surface area contributed by atoms with E-state index in [1.54, 1.807) is 18.4 Å². The molecule has 6 nitrogen and oxygen atoms in total. The van der Waals surface area contributed by atoms with E-state index in [0.717, 1.165) is 53.9 Å². The van der Waals surface area contributed by atoms with Gasteiger partial charge in [0, 0.05) is 37.4 Å². The quantitative estimate of drug-likeness (QED) is 0.343. The molecule has 0 saturated heterocycles. The Morgan fingerprint density at radius 3 is 2.68 bits per heavy atom. The molecule has 0 fully saturated rings. The molecule has 0 atom stereocenters. The van der Waals surface area contributed by atoms with Gasteiger partial charge in [-0.1, -0.05) is 19.0 Å². The fourth-order valence-electron chi connectivity index (χ4n) is 2.54. The maximum absolute atomic E-state index is 5.42. The number of hydrogen-bond donors (Lipinski definition) is 2. The summed E-state index contributed by atoms with van der Waals surface area (Å²) in [6, 6.07) is 2.04. The third-order valence-electron chi connectivity index (χ3n) is 3.97. The van der Waals surface area contributed by atoms with Crippen molar-refractivity contribution < 1.29 is 4.52 Å². The van der Waals surface area contributed by atoms with E-state index in [2.05, 4.69) is 45.0 Å². The minimum absolute atomic E-state index is 0. The molecule has 0 aromatic carbocycles. The first-order chi connectivity index (χ1) is 11.7. The number of aromatic nitrogens is 2. The second kappa shape index (κ2) is 11.5. The molecular formula is C17H28IN5OS. The summed E-state index contributed by atoms with van der Waals surface area (Å²) >= 11 is 1.68. The molecule has 2 rings (SSSR count). The molecule has 0 aliphatic rings. The maximum Gasteiger partial charge on any atom is 0.191 e. The predicted molar refractivity (Wildman–Crippen MR) is 114 cm³/mol. The highest BCUT2D eigenvalue weighted by Crippen LogP contribution is 2.22. The van der Waals surface area contributed by atoms with Crippen LogP contribution in [0.25, 0.3) is 0 Å². The van der Waals surface area contributed by atoms with Crippen LogP contribution >= 0.6 is 35.3 Å². The normalized spacial score (nSPS) is 11.5. The third kappa shape index (κ3) is 6.93. The SMILES string of the molecule is CCC(CC)c1cc(CNC(=NC)NCCc2csc(C)n2)on1.I. The highest BCUT2D eigenvalue weighted by atomic mass is 127. The average Bonchev–Trinajstić information content (AvgIpc) is 3.21. The Balaban J connectivity index is 0.00000312. The number of guanidine groups is 1. The summed E-state index contributed by atoms with van der Waals surface area (Å²) in [7, 11) is 1.76. The number of nitrogens with zero attached hydrogens (tertiary/aromatic N) is 3. The van der Waals surface area contributed by atoms with Crippen molar-refractivity contribution in [1.82, 2.24) is 20.8 Å². The van der Waals surface area contributed by atoms with Gasteiger partial charge in [-0.25, -0.2) is 4.98 Å². The molecule has 0 spiro atoms. The van der Waals surface area contributed by atoms with E-state index in [1.165, 1.54) is 0 Å². The van der Waals surface area contributed by atoms with Crippen LogP contribution in [0.4, 0.5) is 0 Å². The fraction of sp³-hybridized carbons (Fsp3) is 0.588. The van der Waals surface area contributed by atoms with E-state index in [9.17, 15) is 0 Å². The topological polar surface area (TPSA) is 75.3 Å². The minimum atomic E-state index is 0. The molecule has 2 N–H and O–H groups in total. The van der Waals surface area contributed by atoms with Crippen LogP contribution in [0.2, 0.25) is 0 Å². The highest BCUT2D eigenvalue weighted by molar-refractivity contribution is 14.0. The minimum Gasteiger partial charge on any atom is -0.359 e. The van der Waals surface area contributed by atoms with E-state index in [-0.39, 0.29) is 24.0 Å². The van der Waals surface area contributed by atoms with E-state index in [1.807, 2.05) is 13.0 Å². The first-order valence-corrected chi connectivity index (χ1v) is 9.35. The zero-order chi connectivity index (χ0) is 17.4. The summed E-state index contributed by atoms with van der Waals surface area (Å²) in [4.78, 5) is 8.69. The zero-order valence-electron chi connectivity index (χ0n) is 15.3. The zero-order valence-corrected chi connectivity index (χ0v) is 18.5. The van der Waals surface area contributed by atoms with Crippen molar-refractivity contribution in [3.8, 4) is 0 Å². The Bertz CT molecular complexity index is 651. The molecule has 0 aliphatic carbocycles. The summed E-state index contributed by atoms with van der Waals surface area (Å²) in [6.07, 6.45) is 3.04. The second-order valence-corrected chi connectivity index (χ2v) is 6.75. The van der Waals surface area contributed by atoms with Crippen molar-refractivity contribution in [3.63, 3.8) is 0 Å². The number of halogens is 1. The summed E-state index contributed by atoms with van der Waals surface area (Å²) in [6.45, 7) is 7.74. The molecule has 0 radical (unpaired) electrons. The fourth-order valence-corrected chi connectivity index (χ4v) is 3.18. The van der Waals surface area contributed by atoms with Gasteiger partial charge in [0.15, 0.2) is 11.7 Å². The lowest BCUT2D eigenvalue weighted by atomic mass is 9.99. The van der Waals surface area contributed by atoms with Crippen molar-refractivity contribution in [2.75, 3.05) is 13.6 Å². The van der Waals surface area contributed by atoms with Gasteiger partial charge in [0.2, 0.25) is 0 Å². The van der Waals surface area contributed by atoms with Crippen LogP contribution in [0.15, 0.2) is 21.0 Å². The van der Waals surface area contributed by atoms with Gasteiger partial charge >= 0.3 is 0 Å². The number of rotatable bonds is 8. The van der Waals surface area contributed by atoms with Gasteiger partial charge in [-0.2, -0.15) is 0 Å². The van der Waals surface area contributed by atoms with Crippen molar-refractivity contribution in [2.24, 2.45) is 4.99 Å². The largest absolute Gasteiger partial charge is 0.359 e. The van der Waals surface area contributed by atoms with Gasteiger partial charge in [-0.15, -0.1) is 35.3 Å². The molecule has 2 aromatic rings. The monoisotopic (exact) mass is 477 g/mol. The Kier molecular flexibility index (Phi) is 10.0. The Labute approximate surface area is 170 Å². The van der Waals surface area contributed by atoms with Crippen LogP contribution < -0.4 is 10.6 Å². The van der Waals surface area contributed by atoms with Crippen molar-refractivity contribution in [1.29, 1.82) is 0 Å². The van der Waals surface area contributed by atoms with Crippen LogP contribution in [0.1, 0.15) is 54.8 Å². The average molecular weight is 477 g/mol. The standard InChI is InChI=1S/C17H27N5OS.HI/c1-5-13(6-2)16-9-15(23-22-16)10-20-17(18-4)19-8-7-14-11-24-12(3)21-14;/h9,11,13H,5-8,10H2,1-4H3,(H2,18,19,20);1H. The van der Waals surface area contributed by atoms with Crippen molar-refractivity contribution >= 4 is 41.3 Å². The lowest BCUT2D eigenvalue weighted by molar-refractivity contribution is 0.368. The van der Waals surface area contributed by atoms with Gasteiger partial charge < -0.3 is 15.2 Å². The van der Waals surface area contributed by atoms with Crippen LogP contribution in [0, 0.1) is 6.92 Å². The molecule has 0 unspecified atom stereocenters. The Morgan fingerprint density at radius 2 is 2.08 bits per heavy atom. The van der Waals surface area contributed by atoms with Crippen LogP contribution in [0.5, 0.6) is 0 Å². The summed E-state index contributed by atoms with van der Waals surface area (Å²) in [5, 5.41) is 13.9. The number of thiazole rings is 1. The van der Waals surface area contributed by atoms with Gasteiger partial charge in [-0.3, -0.25) is 4.99 Å². The maximum atomic E-state index is 5.42. The molecule has 2 heterocycles. The third-order valence-corrected chi connectivity index (χ3v) is 4.80. The first-order valence-electron chi connectivity index (χ1n) is 8.47. The number of aryl methyl sites for hydroxylation is 1. The van der Waals surface area contributed by atoms with Crippen molar-refractivity contribution in [3.05, 3.63) is 33.6 Å². The second-order valence-electron chi connectivity index (χ2n) is 5.69. The molecule has 0 saturated carbocycles. The summed E-state index contributed by atoms with van der Waals surface area (Å²) in [5.74, 6) is 2.05. The molecule has 0 amide bonds. The van der Waals surface area contributed by atoms with Crippen LogP contribution in [-0.4, -0.2) is 29.7 Å². The van der Waals surface area contributed by atoms with E-state index in [0.29, 0.717) is 12.5 Å². The van der Waals surface area contributed by atoms with Gasteiger partial charge in [0.25, 0.3) is 0 Å². The van der Waals surface area contributed by atoms with E-state index < -0.39 is 0 Å². The van der Waals surface area contributed by atoms with Gasteiger partial charge in [-0.05, 0) is 19.8 Å². The van der Waals surface area contributed by atoms with E-state index >= 15 is 0 Å². The van der Waals surface area contributed by atoms with Crippen molar-refractivity contribution in [2.45, 2.75) is 52.5 Å². The Morgan fingerprint density at radius 1 is 1.32 bits per heavy atom. The molecule has 2 aromatic heterocycles. The summed E-state index contributed by atoms with van der Waals surface area (Å²) in [5.41, 5.74) is 2.16. The number of hydrogen-bond acceptors (Lipinski definition) is 5. The molecule has 0 aliphatic heterocycles. The number of nitrogens with one attached hydrogen (secondary N) is 2. The summed E-state index contributed by atoms with van der Waals surface area (Å²) < 4.78 is 5.42. The smallest absolute Gasteiger partial charge is 0.191 e. The molecule has 8 heteroatoms. The molecule has 0 bridgehead atoms. The van der Waals surface area contributed by atoms with Crippen LogP contribution in [-0.2, 0) is 13.0 Å². The number of aliphatic imine (C=N–C) groups is 1.